The molecule has 3 rings (SSSR count). The fourth-order valence-electron chi connectivity index (χ4n) is 2.64. The molecule has 3 heterocycles. The third-order valence-electron chi connectivity index (χ3n) is 4.17. The number of carbonyl (C=O) groups is 3. The predicted molar refractivity (Wildman–Crippen MR) is 108 cm³/mol. The van der Waals surface area contributed by atoms with Crippen LogP contribution < -0.4 is 5.32 Å². The Kier molecular flexibility index (Phi) is 5.98. The summed E-state index contributed by atoms with van der Waals surface area (Å²) in [6, 6.07) is -0.442. The fraction of sp³-hybridized carbons (Fsp3) is 0.500. The van der Waals surface area contributed by atoms with Crippen molar-refractivity contribution in [1.29, 1.82) is 0 Å². The Morgan fingerprint density at radius 3 is 2.64 bits per heavy atom. The van der Waals surface area contributed by atoms with Crippen molar-refractivity contribution >= 4 is 62.8 Å². The van der Waals surface area contributed by atoms with Gasteiger partial charge in [0.1, 0.15) is 10.1 Å². The van der Waals surface area contributed by atoms with E-state index in [1.807, 2.05) is 13.8 Å². The van der Waals surface area contributed by atoms with E-state index in [9.17, 15) is 14.4 Å². The zero-order valence-electron chi connectivity index (χ0n) is 15.9. The lowest BCUT2D eigenvalue weighted by molar-refractivity contribution is -0.407. The standard InChI is InChI=1S/C16H19N7O3S2/c1-5-8-17-12-11(14(25)23(4)16(26)22(12)3)13(18-8)27-7-9(24)19-15-21-20-10(6-2)28-15/h11H,5-7H2,1-4H3/p+1. The number of fused-ring (bicyclic) bond motifs is 1. The number of aryl methyl sites for hydroxylation is 1. The molecular weight excluding hydrogens is 402 g/mol. The summed E-state index contributed by atoms with van der Waals surface area (Å²) >= 11 is 2.48. The highest BCUT2D eigenvalue weighted by Crippen LogP contribution is 2.26. The number of aliphatic imine (C=N–C) groups is 2. The lowest BCUT2D eigenvalue weighted by Crippen LogP contribution is -2.54. The molecule has 2 aliphatic heterocycles. The number of hydrogen-bond donors (Lipinski definition) is 1. The molecular formula is C16H20N7O3S2+. The maximum absolute atomic E-state index is 12.7. The molecule has 1 unspecified atom stereocenters. The first kappa shape index (κ1) is 20.3. The first-order chi connectivity index (χ1) is 13.3. The summed E-state index contributed by atoms with van der Waals surface area (Å²) in [6.45, 7) is 3.85. The van der Waals surface area contributed by atoms with Gasteiger partial charge in [-0.25, -0.2) is 9.79 Å². The van der Waals surface area contributed by atoms with Crippen LogP contribution in [-0.2, 0) is 16.0 Å². The van der Waals surface area contributed by atoms with Crippen LogP contribution in [0.2, 0.25) is 0 Å². The van der Waals surface area contributed by atoms with Gasteiger partial charge >= 0.3 is 11.9 Å². The highest BCUT2D eigenvalue weighted by atomic mass is 32.2. The molecule has 1 aromatic rings. The summed E-state index contributed by atoms with van der Waals surface area (Å²) in [5, 5.41) is 12.3. The van der Waals surface area contributed by atoms with Crippen molar-refractivity contribution in [3.63, 3.8) is 0 Å². The quantitative estimate of drug-likeness (QED) is 0.713. The van der Waals surface area contributed by atoms with Crippen LogP contribution in [-0.4, -0.2) is 74.1 Å². The zero-order valence-corrected chi connectivity index (χ0v) is 17.6. The van der Waals surface area contributed by atoms with Crippen molar-refractivity contribution in [3.05, 3.63) is 5.01 Å². The SMILES string of the molecule is CCC1=NC2=[N+](C)C(=O)N(C)C(=O)C2C(SCC(=O)Nc2nnc(CC)s2)=N1. The highest BCUT2D eigenvalue weighted by Gasteiger charge is 2.49. The van der Waals surface area contributed by atoms with E-state index in [1.54, 1.807) is 7.05 Å². The second-order valence-corrected chi connectivity index (χ2v) is 8.11. The molecule has 0 bridgehead atoms. The van der Waals surface area contributed by atoms with Crippen LogP contribution in [0.4, 0.5) is 9.93 Å². The number of amidine groups is 2. The van der Waals surface area contributed by atoms with Crippen LogP contribution >= 0.6 is 23.1 Å². The van der Waals surface area contributed by atoms with E-state index in [4.69, 9.17) is 0 Å². The molecule has 0 aliphatic carbocycles. The summed E-state index contributed by atoms with van der Waals surface area (Å²) in [7, 11) is 3.00. The van der Waals surface area contributed by atoms with Crippen LogP contribution in [0.25, 0.3) is 0 Å². The Bertz CT molecular complexity index is 934. The molecule has 4 amide bonds. The Hall–Kier alpha value is -2.47. The molecule has 0 saturated carbocycles. The monoisotopic (exact) mass is 422 g/mol. The smallest absolute Gasteiger partial charge is 0.300 e. The van der Waals surface area contributed by atoms with E-state index < -0.39 is 17.9 Å². The van der Waals surface area contributed by atoms with Gasteiger partial charge in [0.2, 0.25) is 16.9 Å². The summed E-state index contributed by atoms with van der Waals surface area (Å²) in [5.74, 6) is -0.540. The molecule has 10 nitrogen and oxygen atoms in total. The Balaban J connectivity index is 1.77. The minimum absolute atomic E-state index is 0.0509. The maximum atomic E-state index is 12.7. The van der Waals surface area contributed by atoms with Crippen molar-refractivity contribution in [3.8, 4) is 0 Å². The third-order valence-corrected chi connectivity index (χ3v) is 6.18. The number of hydrogen-bond acceptors (Lipinski definition) is 9. The molecule has 1 N–H and O–H groups in total. The number of nitrogens with zero attached hydrogens (tertiary/aromatic N) is 6. The minimum Gasteiger partial charge on any atom is -0.300 e. The zero-order chi connectivity index (χ0) is 20.4. The number of rotatable bonds is 5. The van der Waals surface area contributed by atoms with Gasteiger partial charge in [-0.3, -0.25) is 14.9 Å². The van der Waals surface area contributed by atoms with Crippen molar-refractivity contribution < 1.29 is 19.0 Å². The third kappa shape index (κ3) is 3.87. The van der Waals surface area contributed by atoms with Gasteiger partial charge in [0.15, 0.2) is 5.92 Å². The summed E-state index contributed by atoms with van der Waals surface area (Å²) in [4.78, 5) is 47.0. The molecule has 0 spiro atoms. The first-order valence-corrected chi connectivity index (χ1v) is 10.5. The molecule has 1 atom stereocenters. The average Bonchev–Trinajstić information content (AvgIpc) is 3.15. The number of urea groups is 1. The Morgan fingerprint density at radius 2 is 2.00 bits per heavy atom. The second-order valence-electron chi connectivity index (χ2n) is 6.05. The highest BCUT2D eigenvalue weighted by molar-refractivity contribution is 8.14. The van der Waals surface area contributed by atoms with Crippen molar-refractivity contribution in [2.45, 2.75) is 26.7 Å². The van der Waals surface area contributed by atoms with Crippen molar-refractivity contribution in [2.75, 3.05) is 25.2 Å². The van der Waals surface area contributed by atoms with E-state index in [-0.39, 0.29) is 11.7 Å². The number of anilines is 1. The van der Waals surface area contributed by atoms with Crippen LogP contribution in [0.3, 0.4) is 0 Å². The lowest BCUT2D eigenvalue weighted by atomic mass is 10.0. The van der Waals surface area contributed by atoms with Crippen LogP contribution in [0.1, 0.15) is 25.3 Å². The van der Waals surface area contributed by atoms with E-state index >= 15 is 0 Å². The van der Waals surface area contributed by atoms with Gasteiger partial charge in [0, 0.05) is 6.42 Å². The number of thioether (sulfide) groups is 1. The molecule has 2 aliphatic rings. The fourth-order valence-corrected chi connectivity index (χ4v) is 4.22. The molecule has 1 aromatic heterocycles. The molecule has 12 heteroatoms. The largest absolute Gasteiger partial charge is 0.445 e. The summed E-state index contributed by atoms with van der Waals surface area (Å²) in [6.07, 6.45) is 1.30. The van der Waals surface area contributed by atoms with Crippen molar-refractivity contribution in [1.82, 2.24) is 15.1 Å². The topological polar surface area (TPSA) is 120 Å². The van der Waals surface area contributed by atoms with Gasteiger partial charge in [-0.2, -0.15) is 9.48 Å². The van der Waals surface area contributed by atoms with Crippen LogP contribution in [0.15, 0.2) is 9.98 Å². The second kappa shape index (κ2) is 8.27. The van der Waals surface area contributed by atoms with Gasteiger partial charge in [-0.15, -0.1) is 10.2 Å². The average molecular weight is 423 g/mol. The van der Waals surface area contributed by atoms with Crippen LogP contribution in [0, 0.1) is 5.92 Å². The van der Waals surface area contributed by atoms with Gasteiger partial charge in [0.05, 0.1) is 19.8 Å². The lowest BCUT2D eigenvalue weighted by Gasteiger charge is -2.26. The maximum Gasteiger partial charge on any atom is 0.445 e. The summed E-state index contributed by atoms with van der Waals surface area (Å²) < 4.78 is 1.35. The molecule has 0 aromatic carbocycles. The molecule has 28 heavy (non-hydrogen) atoms. The molecule has 0 saturated heterocycles. The summed E-state index contributed by atoms with van der Waals surface area (Å²) in [5.41, 5.74) is 0. The Labute approximate surface area is 169 Å². The van der Waals surface area contributed by atoms with Gasteiger partial charge in [-0.1, -0.05) is 41.9 Å². The van der Waals surface area contributed by atoms with Crippen LogP contribution in [0.5, 0.6) is 0 Å². The van der Waals surface area contributed by atoms with Gasteiger partial charge in [0.25, 0.3) is 5.84 Å². The van der Waals surface area contributed by atoms with Crippen molar-refractivity contribution in [2.24, 2.45) is 15.9 Å². The Morgan fingerprint density at radius 1 is 1.25 bits per heavy atom. The number of imide groups is 1. The van der Waals surface area contributed by atoms with E-state index in [0.717, 1.165) is 28.1 Å². The number of nitrogens with one attached hydrogen (secondary N) is 1. The first-order valence-electron chi connectivity index (χ1n) is 8.68. The van der Waals surface area contributed by atoms with Gasteiger partial charge < -0.3 is 0 Å². The van der Waals surface area contributed by atoms with E-state index in [0.29, 0.717) is 28.3 Å². The minimum atomic E-state index is -0.783. The number of aromatic nitrogens is 2. The van der Waals surface area contributed by atoms with E-state index in [2.05, 4.69) is 25.5 Å². The normalized spacial score (nSPS) is 19.4. The van der Waals surface area contributed by atoms with E-state index in [1.165, 1.54) is 23.0 Å². The number of carbonyl (C=O) groups excluding carboxylic acids is 3. The number of amides is 4. The predicted octanol–water partition coefficient (Wildman–Crippen LogP) is 1.24. The van der Waals surface area contributed by atoms with Gasteiger partial charge in [-0.05, 0) is 6.42 Å². The molecule has 0 fully saturated rings. The molecule has 148 valence electrons. The molecule has 0 radical (unpaired) electrons.